The molecule has 0 radical (unpaired) electrons. The van der Waals surface area contributed by atoms with Crippen molar-refractivity contribution in [3.63, 3.8) is 0 Å². The number of rotatable bonds is 7. The number of alkyl halides is 3. The fraction of sp³-hybridized carbons (Fsp3) is 0.231. The zero-order valence-electron chi connectivity index (χ0n) is 18.8. The molecule has 1 heterocycles. The van der Waals surface area contributed by atoms with Gasteiger partial charge in [0.1, 0.15) is 5.75 Å². The van der Waals surface area contributed by atoms with Gasteiger partial charge in [-0.1, -0.05) is 37.6 Å². The summed E-state index contributed by atoms with van der Waals surface area (Å²) in [6, 6.07) is 14.2. The Kier molecular flexibility index (Phi) is 6.58. The molecule has 0 atom stereocenters. The van der Waals surface area contributed by atoms with E-state index in [9.17, 15) is 18.0 Å². The third kappa shape index (κ3) is 5.22. The van der Waals surface area contributed by atoms with Gasteiger partial charge in [-0.3, -0.25) is 4.79 Å². The summed E-state index contributed by atoms with van der Waals surface area (Å²) in [5.41, 5.74) is 0.388. The number of unbranched alkanes of at least 4 members (excludes halogenated alkanes) is 1. The number of halogens is 3. The zero-order chi connectivity index (χ0) is 24.3. The minimum atomic E-state index is -4.58. The Morgan fingerprint density at radius 3 is 2.62 bits per heavy atom. The Morgan fingerprint density at radius 2 is 1.91 bits per heavy atom. The molecular weight excluding hydrogens is 443 g/mol. The number of carbonyl (C=O) groups excluding carboxylic acids is 1. The molecule has 4 aromatic rings. The molecule has 1 amide bonds. The molecule has 0 unspecified atom stereocenters. The first-order valence-corrected chi connectivity index (χ1v) is 10.9. The van der Waals surface area contributed by atoms with E-state index in [-0.39, 0.29) is 11.4 Å². The van der Waals surface area contributed by atoms with E-state index in [0.717, 1.165) is 30.4 Å². The molecule has 0 saturated carbocycles. The van der Waals surface area contributed by atoms with Gasteiger partial charge in [0, 0.05) is 17.6 Å². The summed E-state index contributed by atoms with van der Waals surface area (Å²) in [7, 11) is 0. The van der Waals surface area contributed by atoms with Gasteiger partial charge in [0.2, 0.25) is 0 Å². The maximum atomic E-state index is 13.6. The van der Waals surface area contributed by atoms with Gasteiger partial charge in [0.25, 0.3) is 5.91 Å². The molecule has 4 rings (SSSR count). The standard InChI is InChI=1S/C26H24F3N3O2/c1-3-4-9-34-22-10-18-7-5-6-8-23(18)24(14-22)25(33)31-20-11-19(26(27,28)29)12-21(13-20)32-15-17(2)30-16-32/h5-8,10-16H,3-4,9H2,1-2H3,(H,31,33). The summed E-state index contributed by atoms with van der Waals surface area (Å²) < 4.78 is 48.0. The van der Waals surface area contributed by atoms with Crippen molar-refractivity contribution in [3.05, 3.63) is 83.9 Å². The molecule has 3 aromatic carbocycles. The fourth-order valence-electron chi connectivity index (χ4n) is 3.65. The van der Waals surface area contributed by atoms with Crippen molar-refractivity contribution < 1.29 is 22.7 Å². The number of anilines is 1. The maximum Gasteiger partial charge on any atom is 0.416 e. The van der Waals surface area contributed by atoms with Crippen LogP contribution in [0.4, 0.5) is 18.9 Å². The predicted molar refractivity (Wildman–Crippen MR) is 126 cm³/mol. The number of carbonyl (C=O) groups is 1. The summed E-state index contributed by atoms with van der Waals surface area (Å²) in [5, 5.41) is 4.13. The van der Waals surface area contributed by atoms with Crippen molar-refractivity contribution in [2.24, 2.45) is 0 Å². The molecular formula is C26H24F3N3O2. The molecule has 0 aliphatic rings. The molecule has 1 N–H and O–H groups in total. The van der Waals surface area contributed by atoms with Crippen molar-refractivity contribution in [1.82, 2.24) is 9.55 Å². The van der Waals surface area contributed by atoms with Gasteiger partial charge >= 0.3 is 6.18 Å². The van der Waals surface area contributed by atoms with Gasteiger partial charge in [-0.2, -0.15) is 13.2 Å². The van der Waals surface area contributed by atoms with E-state index in [0.29, 0.717) is 29.0 Å². The van der Waals surface area contributed by atoms with E-state index < -0.39 is 17.6 Å². The predicted octanol–water partition coefficient (Wildman–Crippen LogP) is 6.78. The summed E-state index contributed by atoms with van der Waals surface area (Å²) in [4.78, 5) is 17.3. The summed E-state index contributed by atoms with van der Waals surface area (Å²) in [6.07, 6.45) is 0.307. The van der Waals surface area contributed by atoms with E-state index in [2.05, 4.69) is 17.2 Å². The lowest BCUT2D eigenvalue weighted by Gasteiger charge is -2.15. The monoisotopic (exact) mass is 467 g/mol. The van der Waals surface area contributed by atoms with E-state index in [4.69, 9.17) is 4.74 Å². The molecule has 34 heavy (non-hydrogen) atoms. The number of nitrogens with one attached hydrogen (secondary N) is 1. The van der Waals surface area contributed by atoms with Crippen LogP contribution in [0.25, 0.3) is 16.5 Å². The summed E-state index contributed by atoms with van der Waals surface area (Å²) in [6.45, 7) is 4.31. The van der Waals surface area contributed by atoms with Crippen LogP contribution in [0.5, 0.6) is 5.75 Å². The van der Waals surface area contributed by atoms with Crippen LogP contribution in [-0.2, 0) is 6.18 Å². The Hall–Kier alpha value is -3.81. The topological polar surface area (TPSA) is 56.1 Å². The van der Waals surface area contributed by atoms with Crippen LogP contribution in [0.2, 0.25) is 0 Å². The first-order chi connectivity index (χ1) is 16.2. The first kappa shape index (κ1) is 23.4. The second kappa shape index (κ2) is 9.59. The summed E-state index contributed by atoms with van der Waals surface area (Å²) in [5.74, 6) is 0.0140. The molecule has 0 fully saturated rings. The molecule has 0 spiro atoms. The SMILES string of the molecule is CCCCOc1cc(C(=O)Nc2cc(-n3cnc(C)c3)cc(C(F)(F)F)c2)c2ccccc2c1. The van der Waals surface area contributed by atoms with Crippen LogP contribution in [0.3, 0.4) is 0 Å². The molecule has 0 aliphatic carbocycles. The van der Waals surface area contributed by atoms with Crippen molar-refractivity contribution in [3.8, 4) is 11.4 Å². The van der Waals surface area contributed by atoms with Crippen LogP contribution in [0, 0.1) is 6.92 Å². The maximum absolute atomic E-state index is 13.6. The number of benzene rings is 3. The molecule has 0 aliphatic heterocycles. The van der Waals surface area contributed by atoms with Crippen LogP contribution in [0.15, 0.2) is 67.1 Å². The summed E-state index contributed by atoms with van der Waals surface area (Å²) >= 11 is 0. The highest BCUT2D eigenvalue weighted by Crippen LogP contribution is 2.34. The lowest BCUT2D eigenvalue weighted by Crippen LogP contribution is -2.15. The highest BCUT2D eigenvalue weighted by atomic mass is 19.4. The number of imidazole rings is 1. The van der Waals surface area contributed by atoms with Crippen molar-refractivity contribution >= 4 is 22.4 Å². The van der Waals surface area contributed by atoms with Gasteiger partial charge < -0.3 is 14.6 Å². The quantitative estimate of drug-likeness (QED) is 0.305. The number of hydrogen-bond acceptors (Lipinski definition) is 3. The van der Waals surface area contributed by atoms with Gasteiger partial charge in [-0.25, -0.2) is 4.98 Å². The highest BCUT2D eigenvalue weighted by Gasteiger charge is 2.31. The highest BCUT2D eigenvalue weighted by molar-refractivity contribution is 6.13. The number of nitrogens with zero attached hydrogens (tertiary/aromatic N) is 2. The smallest absolute Gasteiger partial charge is 0.416 e. The average molecular weight is 467 g/mol. The second-order valence-electron chi connectivity index (χ2n) is 8.04. The van der Waals surface area contributed by atoms with E-state index in [1.807, 2.05) is 18.2 Å². The van der Waals surface area contributed by atoms with E-state index in [1.54, 1.807) is 31.3 Å². The van der Waals surface area contributed by atoms with Gasteiger partial charge in [0.05, 0.1) is 29.8 Å². The Labute approximate surface area is 195 Å². The third-order valence-electron chi connectivity index (χ3n) is 5.36. The normalized spacial score (nSPS) is 11.6. The van der Waals surface area contributed by atoms with Gasteiger partial charge in [0.15, 0.2) is 0 Å². The first-order valence-electron chi connectivity index (χ1n) is 10.9. The van der Waals surface area contributed by atoms with Crippen LogP contribution in [-0.4, -0.2) is 22.1 Å². The number of aromatic nitrogens is 2. The number of ether oxygens (including phenoxy) is 1. The second-order valence-corrected chi connectivity index (χ2v) is 8.04. The minimum absolute atomic E-state index is 0.0302. The van der Waals surface area contributed by atoms with E-state index >= 15 is 0 Å². The Bertz CT molecular complexity index is 1330. The molecule has 1 aromatic heterocycles. The number of hydrogen-bond donors (Lipinski definition) is 1. The van der Waals surface area contributed by atoms with Gasteiger partial charge in [-0.05, 0) is 54.4 Å². The fourth-order valence-corrected chi connectivity index (χ4v) is 3.65. The molecule has 0 bridgehead atoms. The molecule has 176 valence electrons. The lowest BCUT2D eigenvalue weighted by molar-refractivity contribution is -0.137. The minimum Gasteiger partial charge on any atom is -0.494 e. The molecule has 8 heteroatoms. The third-order valence-corrected chi connectivity index (χ3v) is 5.36. The van der Waals surface area contributed by atoms with E-state index in [1.165, 1.54) is 17.0 Å². The van der Waals surface area contributed by atoms with Crippen LogP contribution in [0.1, 0.15) is 41.4 Å². The number of fused-ring (bicyclic) bond motifs is 1. The van der Waals surface area contributed by atoms with Crippen LogP contribution >= 0.6 is 0 Å². The van der Waals surface area contributed by atoms with Crippen molar-refractivity contribution in [1.29, 1.82) is 0 Å². The zero-order valence-corrected chi connectivity index (χ0v) is 18.8. The van der Waals surface area contributed by atoms with Gasteiger partial charge in [-0.15, -0.1) is 0 Å². The number of aryl methyl sites for hydroxylation is 1. The van der Waals surface area contributed by atoms with Crippen molar-refractivity contribution in [2.45, 2.75) is 32.9 Å². The largest absolute Gasteiger partial charge is 0.494 e. The average Bonchev–Trinajstić information content (AvgIpc) is 3.24. The molecule has 0 saturated heterocycles. The number of amides is 1. The lowest BCUT2D eigenvalue weighted by atomic mass is 10.0. The van der Waals surface area contributed by atoms with Crippen molar-refractivity contribution in [2.75, 3.05) is 11.9 Å². The Morgan fingerprint density at radius 1 is 1.12 bits per heavy atom. The van der Waals surface area contributed by atoms with Crippen LogP contribution < -0.4 is 10.1 Å². The molecule has 5 nitrogen and oxygen atoms in total. The Balaban J connectivity index is 1.72.